The van der Waals surface area contributed by atoms with Gasteiger partial charge in [-0.15, -0.1) is 0 Å². The van der Waals surface area contributed by atoms with Crippen molar-refractivity contribution in [3.05, 3.63) is 99.0 Å². The predicted molar refractivity (Wildman–Crippen MR) is 161 cm³/mol. The first-order valence-corrected chi connectivity index (χ1v) is 14.6. The number of nitriles is 1. The van der Waals surface area contributed by atoms with Gasteiger partial charge in [-0.1, -0.05) is 47.5 Å². The zero-order valence-corrected chi connectivity index (χ0v) is 25.7. The minimum atomic E-state index is -2.11. The predicted octanol–water partition coefficient (Wildman–Crippen LogP) is 4.91. The summed E-state index contributed by atoms with van der Waals surface area (Å²) in [4.78, 5) is 40.7. The number of primary amides is 1. The normalized spacial score (nSPS) is 21.6. The maximum Gasteiger partial charge on any atom is 0.329 e. The number of halogens is 4. The Morgan fingerprint density at radius 2 is 1.84 bits per heavy atom. The molecular weight excluding hydrogens is 631 g/mol. The lowest BCUT2D eigenvalue weighted by Gasteiger charge is -2.34. The largest absolute Gasteiger partial charge is 0.494 e. The summed E-state index contributed by atoms with van der Waals surface area (Å²) in [7, 11) is 0. The molecule has 9 nitrogen and oxygen atoms in total. The van der Waals surface area contributed by atoms with Crippen LogP contribution in [0.4, 0.5) is 8.78 Å². The van der Waals surface area contributed by atoms with E-state index in [4.69, 9.17) is 38.4 Å². The maximum absolute atomic E-state index is 15.9. The molecule has 0 radical (unpaired) electrons. The number of nitrogens with zero attached hydrogens (tertiary/aromatic N) is 2. The molecule has 1 aliphatic heterocycles. The highest BCUT2D eigenvalue weighted by Crippen LogP contribution is 2.55. The van der Waals surface area contributed by atoms with Crippen molar-refractivity contribution in [1.82, 2.24) is 4.90 Å². The third kappa shape index (κ3) is 6.45. The number of aliphatic hydroxyl groups is 1. The fourth-order valence-corrected chi connectivity index (χ4v) is 6.23. The summed E-state index contributed by atoms with van der Waals surface area (Å²) in [6, 6.07) is 12.6. The molecule has 1 aliphatic rings. The Labute approximate surface area is 268 Å². The van der Waals surface area contributed by atoms with Crippen molar-refractivity contribution in [2.24, 2.45) is 5.73 Å². The Morgan fingerprint density at radius 1 is 1.13 bits per heavy atom. The van der Waals surface area contributed by atoms with Crippen LogP contribution in [0.15, 0.2) is 60.7 Å². The van der Waals surface area contributed by atoms with E-state index < -0.39 is 72.0 Å². The van der Waals surface area contributed by atoms with Crippen LogP contribution in [0.2, 0.25) is 10.0 Å². The van der Waals surface area contributed by atoms with Crippen molar-refractivity contribution in [2.75, 3.05) is 13.2 Å². The number of ether oxygens (including phenoxy) is 2. The zero-order chi connectivity index (χ0) is 33.1. The molecule has 2 amide bonds. The summed E-state index contributed by atoms with van der Waals surface area (Å²) < 4.78 is 42.6. The molecule has 0 aromatic heterocycles. The summed E-state index contributed by atoms with van der Waals surface area (Å²) >= 11 is 12.2. The molecular formula is C32H29Cl2F2N3O6. The van der Waals surface area contributed by atoms with Crippen molar-refractivity contribution >= 4 is 41.0 Å². The van der Waals surface area contributed by atoms with E-state index in [1.54, 1.807) is 19.1 Å². The monoisotopic (exact) mass is 659 g/mol. The molecule has 3 N–H and O–H groups in total. The van der Waals surface area contributed by atoms with Gasteiger partial charge >= 0.3 is 5.97 Å². The second-order valence-corrected chi connectivity index (χ2v) is 11.3. The average molecular weight is 661 g/mol. The number of carbonyl (C=O) groups excluding carboxylic acids is 3. The standard InChI is InChI=1S/C32H29Cl2F2N3O6/c1-3-44-21-7-4-6-18(12-21)30(42)39-17(2)32(16-37,23-11-10-19(33)13-25(23)35)27(22-8-5-9-24(34)28(22)36)29(39)31(43)45-15-20(40)14-26(38)41/h4-13,17,20,27,29,40H,3,14-15H2,1-2H3,(H2,38,41)/t17-,20?,27-,29+,32+/m0/s1. The average Bonchev–Trinajstić information content (AvgIpc) is 3.25. The van der Waals surface area contributed by atoms with Crippen molar-refractivity contribution in [3.8, 4) is 11.8 Å². The van der Waals surface area contributed by atoms with Gasteiger partial charge < -0.3 is 25.2 Å². The Morgan fingerprint density at radius 3 is 2.49 bits per heavy atom. The molecule has 1 unspecified atom stereocenters. The topological polar surface area (TPSA) is 143 Å². The van der Waals surface area contributed by atoms with Gasteiger partial charge in [0.15, 0.2) is 0 Å². The molecule has 3 aromatic rings. The molecule has 1 saturated heterocycles. The molecule has 236 valence electrons. The highest BCUT2D eigenvalue weighted by molar-refractivity contribution is 6.31. The lowest BCUT2D eigenvalue weighted by atomic mass is 9.65. The quantitative estimate of drug-likeness (QED) is 0.295. The lowest BCUT2D eigenvalue weighted by molar-refractivity contribution is -0.152. The van der Waals surface area contributed by atoms with Gasteiger partial charge in [-0.25, -0.2) is 13.6 Å². The number of nitrogens with two attached hydrogens (primary N) is 1. The van der Waals surface area contributed by atoms with Crippen LogP contribution >= 0.6 is 23.2 Å². The number of benzene rings is 3. The van der Waals surface area contributed by atoms with Gasteiger partial charge in [0.05, 0.1) is 36.3 Å². The van der Waals surface area contributed by atoms with Gasteiger partial charge in [0.25, 0.3) is 5.91 Å². The van der Waals surface area contributed by atoms with Crippen LogP contribution in [-0.2, 0) is 19.7 Å². The molecule has 0 saturated carbocycles. The second kappa shape index (κ2) is 13.8. The molecule has 4 rings (SSSR count). The molecule has 0 spiro atoms. The Bertz CT molecular complexity index is 1670. The van der Waals surface area contributed by atoms with Crippen LogP contribution in [-0.4, -0.2) is 59.2 Å². The number of hydrogen-bond donors (Lipinski definition) is 2. The maximum atomic E-state index is 15.9. The first-order chi connectivity index (χ1) is 21.4. The number of amides is 2. The van der Waals surface area contributed by atoms with Crippen LogP contribution in [0.25, 0.3) is 0 Å². The highest BCUT2D eigenvalue weighted by Gasteiger charge is 2.65. The molecule has 0 aliphatic carbocycles. The van der Waals surface area contributed by atoms with Crippen LogP contribution < -0.4 is 10.5 Å². The molecule has 13 heteroatoms. The fraction of sp³-hybridized carbons (Fsp3) is 0.312. The van der Waals surface area contributed by atoms with Crippen LogP contribution in [0, 0.1) is 23.0 Å². The van der Waals surface area contributed by atoms with Crippen molar-refractivity contribution in [2.45, 2.75) is 49.8 Å². The summed E-state index contributed by atoms with van der Waals surface area (Å²) in [6.45, 7) is 2.77. The SMILES string of the molecule is CCOc1cccc(C(=O)N2[C@@H](C)[C@](C#N)(c3ccc(Cl)cc3F)[C@@H](c3cccc(Cl)c3F)[C@@H]2C(=O)OCC(O)CC(N)=O)c1. The van der Waals surface area contributed by atoms with E-state index in [0.717, 1.165) is 11.0 Å². The fourth-order valence-electron chi connectivity index (χ4n) is 5.89. The van der Waals surface area contributed by atoms with E-state index in [1.165, 1.54) is 49.4 Å². The van der Waals surface area contributed by atoms with E-state index in [-0.39, 0.29) is 26.7 Å². The number of carbonyl (C=O) groups is 3. The van der Waals surface area contributed by atoms with E-state index in [2.05, 4.69) is 6.07 Å². The van der Waals surface area contributed by atoms with Crippen LogP contribution in [0.1, 0.15) is 47.7 Å². The summed E-state index contributed by atoms with van der Waals surface area (Å²) in [5.41, 5.74) is 2.56. The third-order valence-electron chi connectivity index (χ3n) is 7.78. The van der Waals surface area contributed by atoms with Crippen LogP contribution in [0.3, 0.4) is 0 Å². The smallest absolute Gasteiger partial charge is 0.329 e. The molecule has 45 heavy (non-hydrogen) atoms. The molecule has 1 fully saturated rings. The number of esters is 1. The van der Waals surface area contributed by atoms with Gasteiger partial charge in [-0.2, -0.15) is 5.26 Å². The molecule has 5 atom stereocenters. The van der Waals surface area contributed by atoms with Gasteiger partial charge in [-0.05, 0) is 55.8 Å². The van der Waals surface area contributed by atoms with E-state index in [9.17, 15) is 24.8 Å². The van der Waals surface area contributed by atoms with E-state index in [0.29, 0.717) is 12.4 Å². The van der Waals surface area contributed by atoms with E-state index >= 15 is 8.78 Å². The van der Waals surface area contributed by atoms with Crippen molar-refractivity contribution in [1.29, 1.82) is 5.26 Å². The van der Waals surface area contributed by atoms with E-state index in [1.807, 2.05) is 0 Å². The van der Waals surface area contributed by atoms with Crippen LogP contribution in [0.5, 0.6) is 5.75 Å². The summed E-state index contributed by atoms with van der Waals surface area (Å²) in [6.07, 6.45) is -2.03. The van der Waals surface area contributed by atoms with Gasteiger partial charge in [-0.3, -0.25) is 9.59 Å². The van der Waals surface area contributed by atoms with Crippen molar-refractivity contribution in [3.63, 3.8) is 0 Å². The lowest BCUT2D eigenvalue weighted by Crippen LogP contribution is -2.47. The second-order valence-electron chi connectivity index (χ2n) is 10.5. The van der Waals surface area contributed by atoms with Gasteiger partial charge in [0.1, 0.15) is 35.4 Å². The molecule has 1 heterocycles. The van der Waals surface area contributed by atoms with Gasteiger partial charge in [0, 0.05) is 22.1 Å². The number of rotatable bonds is 10. The molecule has 0 bridgehead atoms. The first kappa shape index (κ1) is 33.6. The summed E-state index contributed by atoms with van der Waals surface area (Å²) in [5, 5.41) is 20.8. The Balaban J connectivity index is 2.00. The Kier molecular flexibility index (Phi) is 10.3. The minimum Gasteiger partial charge on any atom is -0.494 e. The zero-order valence-electron chi connectivity index (χ0n) is 24.2. The number of hydrogen-bond acceptors (Lipinski definition) is 7. The number of likely N-dealkylation sites (tertiary alicyclic amines) is 1. The summed E-state index contributed by atoms with van der Waals surface area (Å²) in [5.74, 6) is -5.97. The van der Waals surface area contributed by atoms with Gasteiger partial charge in [0.2, 0.25) is 5.91 Å². The first-order valence-electron chi connectivity index (χ1n) is 13.9. The minimum absolute atomic E-state index is 0.0144. The highest BCUT2D eigenvalue weighted by atomic mass is 35.5. The Hall–Kier alpha value is -4.24. The third-order valence-corrected chi connectivity index (χ3v) is 8.31. The van der Waals surface area contributed by atoms with Crippen molar-refractivity contribution < 1.29 is 37.7 Å². The number of aliphatic hydroxyl groups excluding tert-OH is 1. The molecule has 3 aromatic carbocycles.